The largest absolute Gasteiger partial charge is 0.250 e. The molecule has 0 aliphatic carbocycles. The molecule has 0 aliphatic rings. The first kappa shape index (κ1) is 14.9. The molecule has 1 heterocycles. The van der Waals surface area contributed by atoms with Gasteiger partial charge < -0.3 is 0 Å². The van der Waals surface area contributed by atoms with Gasteiger partial charge in [0.25, 0.3) is 0 Å². The van der Waals surface area contributed by atoms with Gasteiger partial charge in [-0.2, -0.15) is 0 Å². The normalized spacial score (nSPS) is 12.2. The van der Waals surface area contributed by atoms with Crippen molar-refractivity contribution in [3.63, 3.8) is 0 Å². The molecule has 0 amide bonds. The van der Waals surface area contributed by atoms with Crippen LogP contribution in [0.5, 0.6) is 0 Å². The lowest BCUT2D eigenvalue weighted by molar-refractivity contribution is -0.701. The number of benzene rings is 2. The first-order valence-electron chi connectivity index (χ1n) is 7.63. The van der Waals surface area contributed by atoms with Gasteiger partial charge in [-0.3, -0.25) is 4.98 Å². The average Bonchev–Trinajstić information content (AvgIpc) is 3.03. The second-order valence-electron chi connectivity index (χ2n) is 5.68. The van der Waals surface area contributed by atoms with Crippen LogP contribution in [0.4, 0.5) is 0 Å². The van der Waals surface area contributed by atoms with Crippen LogP contribution in [0.15, 0.2) is 83.1 Å². The molecular weight excluding hydrogens is 288 g/mol. The number of nitrogens with zero attached hydrogens (tertiary/aromatic N) is 1. The van der Waals surface area contributed by atoms with E-state index < -0.39 is 0 Å². The molecule has 0 spiro atoms. The number of imidazole rings is 1. The third-order valence-corrected chi connectivity index (χ3v) is 4.63. The van der Waals surface area contributed by atoms with Crippen LogP contribution >= 0.6 is 11.8 Å². The molecule has 1 N–H and O–H groups in total. The Morgan fingerprint density at radius 1 is 1.00 bits per heavy atom. The highest BCUT2D eigenvalue weighted by Gasteiger charge is 2.08. The molecule has 3 aromatic rings. The number of nitrogens with one attached hydrogen (secondary N) is 1. The quantitative estimate of drug-likeness (QED) is 0.672. The average molecular weight is 309 g/mol. The predicted octanol–water partition coefficient (Wildman–Crippen LogP) is 4.33. The molecule has 1 unspecified atom stereocenters. The zero-order valence-corrected chi connectivity index (χ0v) is 13.6. The van der Waals surface area contributed by atoms with Crippen molar-refractivity contribution in [2.75, 3.05) is 0 Å². The molecule has 0 saturated carbocycles. The fraction of sp³-hybridized carbons (Fsp3) is 0.211. The maximum atomic E-state index is 3.09. The highest BCUT2D eigenvalue weighted by atomic mass is 32.2. The van der Waals surface area contributed by atoms with Crippen molar-refractivity contribution in [1.82, 2.24) is 4.98 Å². The molecule has 2 aromatic carbocycles. The summed E-state index contributed by atoms with van der Waals surface area (Å²) >= 11 is 1.81. The van der Waals surface area contributed by atoms with E-state index in [9.17, 15) is 0 Å². The van der Waals surface area contributed by atoms with Crippen LogP contribution in [0.3, 0.4) is 0 Å². The molecule has 22 heavy (non-hydrogen) atoms. The molecule has 1 aromatic heterocycles. The van der Waals surface area contributed by atoms with Gasteiger partial charge in [0.2, 0.25) is 6.33 Å². The number of hydrogen-bond acceptors (Lipinski definition) is 1. The molecule has 0 bridgehead atoms. The highest BCUT2D eigenvalue weighted by Crippen LogP contribution is 2.27. The Labute approximate surface area is 136 Å². The number of hydrogen-bond donors (Lipinski definition) is 1. The van der Waals surface area contributed by atoms with Crippen molar-refractivity contribution in [1.29, 1.82) is 0 Å². The van der Waals surface area contributed by atoms with Crippen molar-refractivity contribution in [3.05, 3.63) is 78.9 Å². The first-order valence-corrected chi connectivity index (χ1v) is 8.45. The Morgan fingerprint density at radius 2 is 1.73 bits per heavy atom. The van der Waals surface area contributed by atoms with Gasteiger partial charge in [-0.15, -0.1) is 0 Å². The molecule has 1 atom stereocenters. The maximum Gasteiger partial charge on any atom is 0.241 e. The van der Waals surface area contributed by atoms with Gasteiger partial charge in [-0.25, -0.2) is 4.57 Å². The first-order chi connectivity index (χ1) is 10.8. The van der Waals surface area contributed by atoms with E-state index in [-0.39, 0.29) is 0 Å². The fourth-order valence-corrected chi connectivity index (χ4v) is 3.42. The zero-order valence-electron chi connectivity index (χ0n) is 12.8. The predicted molar refractivity (Wildman–Crippen MR) is 90.9 cm³/mol. The van der Waals surface area contributed by atoms with Crippen molar-refractivity contribution < 1.29 is 4.57 Å². The third kappa shape index (κ3) is 4.25. The number of aromatic nitrogens is 2. The van der Waals surface area contributed by atoms with E-state index >= 15 is 0 Å². The number of aromatic amines is 1. The molecule has 3 heteroatoms. The van der Waals surface area contributed by atoms with Crippen LogP contribution in [-0.2, 0) is 13.0 Å². The van der Waals surface area contributed by atoms with Gasteiger partial charge in [0.15, 0.2) is 0 Å². The maximum absolute atomic E-state index is 3.09. The third-order valence-electron chi connectivity index (χ3n) is 3.61. The minimum atomic E-state index is 0.619. The Bertz CT molecular complexity index is 675. The smallest absolute Gasteiger partial charge is 0.241 e. The Morgan fingerprint density at radius 3 is 2.41 bits per heavy atom. The molecular formula is C19H21N2S+. The van der Waals surface area contributed by atoms with E-state index in [1.807, 2.05) is 24.3 Å². The number of H-pyrrole nitrogens is 1. The minimum absolute atomic E-state index is 0.619. The standard InChI is InChI=1S/C19H20N2S/c1-16(14-21-12-11-20-15-21)13-17-7-9-19(10-8-17)22-18-5-3-2-4-6-18/h2-12,15-16H,13-14H2,1H3/p+1. The summed E-state index contributed by atoms with van der Waals surface area (Å²) < 4.78 is 2.20. The topological polar surface area (TPSA) is 19.7 Å². The monoisotopic (exact) mass is 309 g/mol. The molecule has 112 valence electrons. The van der Waals surface area contributed by atoms with Crippen molar-refractivity contribution in [2.24, 2.45) is 5.92 Å². The van der Waals surface area contributed by atoms with Crippen LogP contribution in [0.2, 0.25) is 0 Å². The summed E-state index contributed by atoms with van der Waals surface area (Å²) in [6.07, 6.45) is 7.16. The SMILES string of the molecule is CC(Cc1ccc(Sc2ccccc2)cc1)C[n+]1cc[nH]c1. The summed E-state index contributed by atoms with van der Waals surface area (Å²) in [4.78, 5) is 5.67. The summed E-state index contributed by atoms with van der Waals surface area (Å²) in [5.41, 5.74) is 1.40. The van der Waals surface area contributed by atoms with Gasteiger partial charge in [0.1, 0.15) is 12.4 Å². The van der Waals surface area contributed by atoms with Gasteiger partial charge in [0.05, 0.1) is 6.54 Å². The van der Waals surface area contributed by atoms with Crippen molar-refractivity contribution in [3.8, 4) is 0 Å². The molecule has 0 fully saturated rings. The fourth-order valence-electron chi connectivity index (χ4n) is 2.58. The van der Waals surface area contributed by atoms with E-state index in [1.54, 1.807) is 0 Å². The van der Waals surface area contributed by atoms with Crippen LogP contribution in [0, 0.1) is 5.92 Å². The van der Waals surface area contributed by atoms with Gasteiger partial charge in [-0.1, -0.05) is 49.0 Å². The van der Waals surface area contributed by atoms with Gasteiger partial charge in [0, 0.05) is 9.79 Å². The zero-order chi connectivity index (χ0) is 15.2. The van der Waals surface area contributed by atoms with E-state index in [2.05, 4.69) is 77.3 Å². The highest BCUT2D eigenvalue weighted by molar-refractivity contribution is 7.99. The van der Waals surface area contributed by atoms with Crippen LogP contribution in [0.1, 0.15) is 12.5 Å². The van der Waals surface area contributed by atoms with Crippen LogP contribution < -0.4 is 4.57 Å². The lowest BCUT2D eigenvalue weighted by Crippen LogP contribution is -2.34. The molecule has 0 radical (unpaired) electrons. The second kappa shape index (κ2) is 7.32. The summed E-state index contributed by atoms with van der Waals surface area (Å²) in [6, 6.07) is 19.5. The lowest BCUT2D eigenvalue weighted by Gasteiger charge is -2.10. The second-order valence-corrected chi connectivity index (χ2v) is 6.82. The summed E-state index contributed by atoms with van der Waals surface area (Å²) in [7, 11) is 0. The van der Waals surface area contributed by atoms with Crippen LogP contribution in [-0.4, -0.2) is 4.98 Å². The molecule has 0 aliphatic heterocycles. The summed E-state index contributed by atoms with van der Waals surface area (Å²) in [5.74, 6) is 0.619. The Hall–Kier alpha value is -2.00. The van der Waals surface area contributed by atoms with Gasteiger partial charge in [-0.05, 0) is 42.2 Å². The van der Waals surface area contributed by atoms with Crippen molar-refractivity contribution in [2.45, 2.75) is 29.7 Å². The number of rotatable bonds is 6. The molecule has 3 rings (SSSR count). The summed E-state index contributed by atoms with van der Waals surface area (Å²) in [6.45, 7) is 3.34. The van der Waals surface area contributed by atoms with E-state index in [0.29, 0.717) is 5.92 Å². The van der Waals surface area contributed by atoms with E-state index in [0.717, 1.165) is 13.0 Å². The minimum Gasteiger partial charge on any atom is -0.250 e. The Kier molecular flexibility index (Phi) is 4.96. The van der Waals surface area contributed by atoms with Crippen LogP contribution in [0.25, 0.3) is 0 Å². The van der Waals surface area contributed by atoms with Gasteiger partial charge >= 0.3 is 0 Å². The summed E-state index contributed by atoms with van der Waals surface area (Å²) in [5, 5.41) is 0. The molecule has 0 saturated heterocycles. The van der Waals surface area contributed by atoms with E-state index in [4.69, 9.17) is 0 Å². The lowest BCUT2D eigenvalue weighted by atomic mass is 10.0. The van der Waals surface area contributed by atoms with E-state index in [1.165, 1.54) is 15.4 Å². The Balaban J connectivity index is 1.57. The molecule has 2 nitrogen and oxygen atoms in total. The van der Waals surface area contributed by atoms with Crippen molar-refractivity contribution >= 4 is 11.8 Å².